The Balaban J connectivity index is 1.91. The molecule has 0 atom stereocenters. The van der Waals surface area contributed by atoms with Crippen LogP contribution in [-0.4, -0.2) is 19.6 Å². The van der Waals surface area contributed by atoms with Crippen molar-refractivity contribution in [3.63, 3.8) is 0 Å². The van der Waals surface area contributed by atoms with E-state index in [0.717, 1.165) is 24.3 Å². The maximum Gasteiger partial charge on any atom is 0.123 e. The molecule has 1 saturated carbocycles. The summed E-state index contributed by atoms with van der Waals surface area (Å²) >= 11 is 0. The van der Waals surface area contributed by atoms with E-state index in [4.69, 9.17) is 20.6 Å². The summed E-state index contributed by atoms with van der Waals surface area (Å²) in [6.45, 7) is 0.625. The Morgan fingerprint density at radius 1 is 1.41 bits per heavy atom. The molecule has 0 aromatic heterocycles. The number of amidine groups is 1. The van der Waals surface area contributed by atoms with E-state index in [2.05, 4.69) is 0 Å². The fourth-order valence-electron chi connectivity index (χ4n) is 1.88. The molecular formula is C13H18N2O2. The van der Waals surface area contributed by atoms with Crippen molar-refractivity contribution < 1.29 is 9.47 Å². The number of hydrogen-bond acceptors (Lipinski definition) is 3. The second-order valence-electron chi connectivity index (χ2n) is 4.67. The van der Waals surface area contributed by atoms with Crippen LogP contribution < -0.4 is 15.2 Å². The van der Waals surface area contributed by atoms with Crippen LogP contribution >= 0.6 is 0 Å². The predicted molar refractivity (Wildman–Crippen MR) is 66.7 cm³/mol. The Morgan fingerprint density at radius 2 is 2.12 bits per heavy atom. The molecule has 0 unspecified atom stereocenters. The van der Waals surface area contributed by atoms with Crippen molar-refractivity contribution in [3.05, 3.63) is 24.3 Å². The largest absolute Gasteiger partial charge is 0.497 e. The fraction of sp³-hybridized carbons (Fsp3) is 0.462. The molecule has 1 aromatic rings. The number of ether oxygens (including phenoxy) is 2. The second kappa shape index (κ2) is 4.65. The summed E-state index contributed by atoms with van der Waals surface area (Å²) in [4.78, 5) is 0. The van der Waals surface area contributed by atoms with Crippen LogP contribution in [0, 0.1) is 10.8 Å². The van der Waals surface area contributed by atoms with Gasteiger partial charge in [-0.1, -0.05) is 6.07 Å². The van der Waals surface area contributed by atoms with Crippen molar-refractivity contribution in [2.24, 2.45) is 11.1 Å². The number of benzene rings is 1. The van der Waals surface area contributed by atoms with E-state index in [-0.39, 0.29) is 11.3 Å². The van der Waals surface area contributed by atoms with Crippen LogP contribution in [0.5, 0.6) is 11.5 Å². The van der Waals surface area contributed by atoms with Gasteiger partial charge in [-0.15, -0.1) is 0 Å². The minimum atomic E-state index is 0.106. The number of nitrogens with two attached hydrogens (primary N) is 1. The molecular weight excluding hydrogens is 216 g/mol. The Morgan fingerprint density at radius 3 is 2.71 bits per heavy atom. The quantitative estimate of drug-likeness (QED) is 0.585. The van der Waals surface area contributed by atoms with Crippen LogP contribution in [0.1, 0.15) is 19.3 Å². The third kappa shape index (κ3) is 3.12. The molecule has 0 saturated heterocycles. The van der Waals surface area contributed by atoms with Gasteiger partial charge < -0.3 is 15.2 Å². The highest BCUT2D eigenvalue weighted by atomic mass is 16.5. The molecule has 0 spiro atoms. The number of nitrogens with one attached hydrogen (secondary N) is 1. The van der Waals surface area contributed by atoms with Crippen molar-refractivity contribution in [2.45, 2.75) is 19.3 Å². The SMILES string of the molecule is COc1cccc(OCC2(CC(=N)N)CC2)c1. The molecule has 0 heterocycles. The van der Waals surface area contributed by atoms with Gasteiger partial charge in [0.2, 0.25) is 0 Å². The van der Waals surface area contributed by atoms with E-state index in [1.165, 1.54) is 0 Å². The molecule has 1 aliphatic rings. The topological polar surface area (TPSA) is 68.3 Å². The van der Waals surface area contributed by atoms with E-state index < -0.39 is 0 Å². The van der Waals surface area contributed by atoms with E-state index in [1.54, 1.807) is 7.11 Å². The third-order valence-corrected chi connectivity index (χ3v) is 3.11. The average Bonchev–Trinajstić information content (AvgIpc) is 3.06. The second-order valence-corrected chi connectivity index (χ2v) is 4.67. The van der Waals surface area contributed by atoms with Gasteiger partial charge in [0.05, 0.1) is 19.6 Å². The number of hydrogen-bond donors (Lipinski definition) is 2. The maximum atomic E-state index is 7.34. The highest BCUT2D eigenvalue weighted by Gasteiger charge is 2.43. The summed E-state index contributed by atoms with van der Waals surface area (Å²) < 4.78 is 10.9. The normalized spacial score (nSPS) is 16.3. The molecule has 1 fully saturated rings. The van der Waals surface area contributed by atoms with Crippen molar-refractivity contribution in [1.82, 2.24) is 0 Å². The molecule has 0 amide bonds. The maximum absolute atomic E-state index is 7.34. The zero-order valence-corrected chi connectivity index (χ0v) is 10.0. The van der Waals surface area contributed by atoms with Crippen LogP contribution in [0.3, 0.4) is 0 Å². The minimum absolute atomic E-state index is 0.106. The number of rotatable bonds is 6. The Kier molecular flexibility index (Phi) is 3.22. The Bertz CT molecular complexity index is 414. The molecule has 0 radical (unpaired) electrons. The average molecular weight is 234 g/mol. The molecule has 0 bridgehead atoms. The van der Waals surface area contributed by atoms with Gasteiger partial charge in [0, 0.05) is 17.9 Å². The van der Waals surface area contributed by atoms with Crippen LogP contribution in [0.2, 0.25) is 0 Å². The zero-order valence-electron chi connectivity index (χ0n) is 10.0. The van der Waals surface area contributed by atoms with Crippen LogP contribution in [-0.2, 0) is 0 Å². The lowest BCUT2D eigenvalue weighted by atomic mass is 10.0. The molecule has 1 aromatic carbocycles. The Hall–Kier alpha value is -1.71. The zero-order chi connectivity index (χ0) is 12.3. The van der Waals surface area contributed by atoms with Gasteiger partial charge in [0.25, 0.3) is 0 Å². The summed E-state index contributed by atoms with van der Waals surface area (Å²) in [6.07, 6.45) is 2.82. The van der Waals surface area contributed by atoms with E-state index >= 15 is 0 Å². The van der Waals surface area contributed by atoms with Gasteiger partial charge in [0.15, 0.2) is 0 Å². The van der Waals surface area contributed by atoms with Gasteiger partial charge in [-0.25, -0.2) is 0 Å². The lowest BCUT2D eigenvalue weighted by molar-refractivity contribution is 0.237. The van der Waals surface area contributed by atoms with Crippen molar-refractivity contribution in [3.8, 4) is 11.5 Å². The lowest BCUT2D eigenvalue weighted by Gasteiger charge is -2.15. The smallest absolute Gasteiger partial charge is 0.123 e. The molecule has 3 N–H and O–H groups in total. The fourth-order valence-corrected chi connectivity index (χ4v) is 1.88. The van der Waals surface area contributed by atoms with E-state index in [1.807, 2.05) is 24.3 Å². The first-order chi connectivity index (χ1) is 8.13. The molecule has 0 aliphatic heterocycles. The monoisotopic (exact) mass is 234 g/mol. The van der Waals surface area contributed by atoms with Crippen LogP contribution in [0.4, 0.5) is 0 Å². The van der Waals surface area contributed by atoms with Crippen LogP contribution in [0.15, 0.2) is 24.3 Å². The highest BCUT2D eigenvalue weighted by molar-refractivity contribution is 5.78. The first-order valence-corrected chi connectivity index (χ1v) is 5.73. The van der Waals surface area contributed by atoms with Gasteiger partial charge >= 0.3 is 0 Å². The summed E-state index contributed by atoms with van der Waals surface area (Å²) in [5.74, 6) is 1.84. The highest BCUT2D eigenvalue weighted by Crippen LogP contribution is 2.48. The summed E-state index contributed by atoms with van der Waals surface area (Å²) in [7, 11) is 1.64. The van der Waals surface area contributed by atoms with Gasteiger partial charge in [-0.3, -0.25) is 5.41 Å². The molecule has 1 aliphatic carbocycles. The van der Waals surface area contributed by atoms with Gasteiger partial charge in [-0.2, -0.15) is 0 Å². The van der Waals surface area contributed by atoms with Crippen molar-refractivity contribution in [2.75, 3.05) is 13.7 Å². The molecule has 17 heavy (non-hydrogen) atoms. The van der Waals surface area contributed by atoms with Crippen molar-refractivity contribution >= 4 is 5.84 Å². The first kappa shape index (κ1) is 11.8. The molecule has 4 nitrogen and oxygen atoms in total. The van der Waals surface area contributed by atoms with E-state index in [9.17, 15) is 0 Å². The third-order valence-electron chi connectivity index (χ3n) is 3.11. The lowest BCUT2D eigenvalue weighted by Crippen LogP contribution is -2.21. The molecule has 92 valence electrons. The predicted octanol–water partition coefficient (Wildman–Crippen LogP) is 2.18. The van der Waals surface area contributed by atoms with Gasteiger partial charge in [0.1, 0.15) is 11.5 Å². The first-order valence-electron chi connectivity index (χ1n) is 5.73. The molecule has 2 rings (SSSR count). The standard InChI is InChI=1S/C13H18N2O2/c1-16-10-3-2-4-11(7-10)17-9-13(5-6-13)8-12(14)15/h2-4,7H,5-6,8-9H2,1H3,(H3,14,15). The van der Waals surface area contributed by atoms with Gasteiger partial charge in [-0.05, 0) is 25.0 Å². The number of methoxy groups -OCH3 is 1. The summed E-state index contributed by atoms with van der Waals surface area (Å²) in [5, 5.41) is 7.34. The summed E-state index contributed by atoms with van der Waals surface area (Å²) in [5.41, 5.74) is 5.55. The summed E-state index contributed by atoms with van der Waals surface area (Å²) in [6, 6.07) is 7.56. The van der Waals surface area contributed by atoms with Crippen LogP contribution in [0.25, 0.3) is 0 Å². The van der Waals surface area contributed by atoms with Crippen molar-refractivity contribution in [1.29, 1.82) is 5.41 Å². The Labute approximate surface area is 101 Å². The molecule has 4 heteroatoms. The minimum Gasteiger partial charge on any atom is -0.497 e. The van der Waals surface area contributed by atoms with E-state index in [0.29, 0.717) is 13.0 Å².